The number of anilines is 4. The van der Waals surface area contributed by atoms with Crippen molar-refractivity contribution >= 4 is 50.3 Å². The van der Waals surface area contributed by atoms with Gasteiger partial charge >= 0.3 is 0 Å². The number of hydrogen-bond donors (Lipinski definition) is 2. The number of halogens is 1. The first-order chi connectivity index (χ1) is 22.3. The topological polar surface area (TPSA) is 97.2 Å². The zero-order valence-corrected chi connectivity index (χ0v) is 26.5. The van der Waals surface area contributed by atoms with E-state index in [4.69, 9.17) is 4.74 Å². The van der Waals surface area contributed by atoms with Crippen molar-refractivity contribution in [2.45, 2.75) is 32.9 Å². The average molecular weight is 634 g/mol. The number of thiophene rings is 1. The monoisotopic (exact) mass is 633 g/mol. The van der Waals surface area contributed by atoms with Gasteiger partial charge in [0, 0.05) is 47.3 Å². The molecule has 232 valence electrons. The molecule has 3 heterocycles. The molecule has 1 aliphatic rings. The van der Waals surface area contributed by atoms with E-state index in [9.17, 15) is 9.18 Å². The summed E-state index contributed by atoms with van der Waals surface area (Å²) in [6, 6.07) is 20.0. The zero-order valence-electron chi connectivity index (χ0n) is 25.7. The number of hydrogen-bond acceptors (Lipinski definition) is 8. The molecule has 46 heavy (non-hydrogen) atoms. The maximum absolute atomic E-state index is 13.5. The Balaban J connectivity index is 1.08. The number of carbonyl (C=O) groups excluding carboxylic acids is 1. The van der Waals surface area contributed by atoms with Crippen LogP contribution < -0.4 is 20.3 Å². The summed E-state index contributed by atoms with van der Waals surface area (Å²) in [4.78, 5) is 26.2. The quantitative estimate of drug-likeness (QED) is 0.175. The largest absolute Gasteiger partial charge is 0.489 e. The maximum atomic E-state index is 13.5. The number of aryl methyl sites for hydroxylation is 2. The molecule has 3 aromatic carbocycles. The van der Waals surface area contributed by atoms with Crippen LogP contribution in [-0.2, 0) is 30.8 Å². The molecule has 11 heteroatoms. The molecule has 0 bridgehead atoms. The fourth-order valence-electron chi connectivity index (χ4n) is 5.78. The van der Waals surface area contributed by atoms with Crippen LogP contribution in [0.15, 0.2) is 79.3 Å². The second-order valence-electron chi connectivity index (χ2n) is 11.5. The molecule has 0 saturated carbocycles. The molecular formula is C35H32FN7O2S. The van der Waals surface area contributed by atoms with Crippen molar-refractivity contribution < 1.29 is 13.9 Å². The summed E-state index contributed by atoms with van der Waals surface area (Å²) >= 11 is 1.62. The van der Waals surface area contributed by atoms with Crippen molar-refractivity contribution in [3.8, 4) is 16.2 Å². The van der Waals surface area contributed by atoms with Crippen LogP contribution in [0.2, 0.25) is 0 Å². The van der Waals surface area contributed by atoms with Gasteiger partial charge in [0.15, 0.2) is 0 Å². The van der Waals surface area contributed by atoms with Gasteiger partial charge in [-0.3, -0.25) is 9.48 Å². The van der Waals surface area contributed by atoms with Crippen molar-refractivity contribution in [3.05, 3.63) is 107 Å². The summed E-state index contributed by atoms with van der Waals surface area (Å²) in [5.41, 5.74) is 7.69. The van der Waals surface area contributed by atoms with Crippen molar-refractivity contribution in [2.75, 3.05) is 29.6 Å². The maximum Gasteiger partial charge on any atom is 0.246 e. The minimum absolute atomic E-state index is 0.122. The van der Waals surface area contributed by atoms with E-state index in [2.05, 4.69) is 25.7 Å². The number of aromatic nitrogens is 4. The van der Waals surface area contributed by atoms with Crippen LogP contribution in [0.1, 0.15) is 22.4 Å². The van der Waals surface area contributed by atoms with Crippen LogP contribution in [0.4, 0.5) is 27.3 Å². The van der Waals surface area contributed by atoms with Gasteiger partial charge in [-0.1, -0.05) is 12.1 Å². The van der Waals surface area contributed by atoms with Gasteiger partial charge in [0.1, 0.15) is 41.7 Å². The minimum atomic E-state index is -0.278. The first-order valence-electron chi connectivity index (χ1n) is 15.0. The fraction of sp³-hybridized carbons (Fsp3) is 0.200. The molecule has 2 N–H and O–H groups in total. The third-order valence-corrected chi connectivity index (χ3v) is 9.25. The first kappa shape index (κ1) is 29.4. The highest BCUT2D eigenvalue weighted by Gasteiger charge is 2.27. The van der Waals surface area contributed by atoms with Gasteiger partial charge in [-0.15, -0.1) is 11.3 Å². The van der Waals surface area contributed by atoms with E-state index in [1.807, 2.05) is 80.6 Å². The van der Waals surface area contributed by atoms with E-state index in [0.29, 0.717) is 0 Å². The molecule has 9 nitrogen and oxygen atoms in total. The third-order valence-electron chi connectivity index (χ3n) is 8.07. The molecule has 0 aliphatic heterocycles. The van der Waals surface area contributed by atoms with Crippen LogP contribution in [0.5, 0.6) is 5.75 Å². The molecule has 0 atom stereocenters. The lowest BCUT2D eigenvalue weighted by Crippen LogP contribution is -2.21. The molecule has 0 unspecified atom stereocenters. The number of carbonyl (C=O) groups is 1. The molecule has 0 radical (unpaired) electrons. The lowest BCUT2D eigenvalue weighted by molar-refractivity contribution is -0.116. The number of benzene rings is 3. The summed E-state index contributed by atoms with van der Waals surface area (Å²) in [7, 11) is 3.96. The Morgan fingerprint density at radius 2 is 1.87 bits per heavy atom. The van der Waals surface area contributed by atoms with Crippen LogP contribution in [0.25, 0.3) is 20.7 Å². The predicted octanol–water partition coefficient (Wildman–Crippen LogP) is 7.13. The van der Waals surface area contributed by atoms with Crippen LogP contribution in [-0.4, -0.2) is 39.8 Å². The Labute approximate surface area is 269 Å². The molecule has 0 fully saturated rings. The van der Waals surface area contributed by atoms with E-state index >= 15 is 0 Å². The standard InChI is InChI=1S/C35H32FN7O2S/c1-21-15-25(9-14-30(21)45-19-22-5-4-6-23(36)16-22)41-34-32-27-12-13-29-28(33(27)46-35(32)38-20-37-34)17-39-43(29)18-31(44)40-24-7-10-26(11-8-24)42(2)3/h4-11,14-17,20H,12-13,18-19H2,1-3H3,(H,40,44)(H,37,38,41). The molecular weight excluding hydrogens is 601 g/mol. The molecule has 1 aliphatic carbocycles. The van der Waals surface area contributed by atoms with Gasteiger partial charge in [-0.25, -0.2) is 14.4 Å². The summed E-state index contributed by atoms with van der Waals surface area (Å²) < 4.78 is 21.3. The Kier molecular flexibility index (Phi) is 7.83. The molecule has 7 rings (SSSR count). The van der Waals surface area contributed by atoms with Gasteiger partial charge in [0.05, 0.1) is 11.6 Å². The van der Waals surface area contributed by atoms with Crippen LogP contribution in [0.3, 0.4) is 0 Å². The van der Waals surface area contributed by atoms with Gasteiger partial charge in [0.2, 0.25) is 5.91 Å². The number of ether oxygens (including phenoxy) is 1. The Morgan fingerprint density at radius 1 is 1.04 bits per heavy atom. The lowest BCUT2D eigenvalue weighted by Gasteiger charge is -2.16. The van der Waals surface area contributed by atoms with Crippen molar-refractivity contribution in [1.29, 1.82) is 0 Å². The van der Waals surface area contributed by atoms with Gasteiger partial charge < -0.3 is 20.3 Å². The van der Waals surface area contributed by atoms with E-state index in [-0.39, 0.29) is 24.9 Å². The molecule has 6 aromatic rings. The molecule has 0 saturated heterocycles. The summed E-state index contributed by atoms with van der Waals surface area (Å²) in [5, 5.41) is 12.1. The average Bonchev–Trinajstić information content (AvgIpc) is 3.63. The number of rotatable bonds is 9. The second kappa shape index (κ2) is 12.2. The predicted molar refractivity (Wildman–Crippen MR) is 181 cm³/mol. The van der Waals surface area contributed by atoms with Gasteiger partial charge in [-0.05, 0) is 91.1 Å². The van der Waals surface area contributed by atoms with E-state index < -0.39 is 0 Å². The van der Waals surface area contributed by atoms with E-state index in [0.717, 1.165) is 78.9 Å². The lowest BCUT2D eigenvalue weighted by atomic mass is 9.95. The fourth-order valence-corrected chi connectivity index (χ4v) is 7.00. The summed E-state index contributed by atoms with van der Waals surface area (Å²) in [5.74, 6) is 1.07. The molecule has 3 aromatic heterocycles. The number of nitrogens with one attached hydrogen (secondary N) is 2. The SMILES string of the molecule is Cc1cc(Nc2ncnc3sc4c(c23)CCc2c-4cnn2CC(=O)Nc2ccc(N(C)C)cc2)ccc1OCc1cccc(F)c1. The van der Waals surface area contributed by atoms with Crippen molar-refractivity contribution in [1.82, 2.24) is 19.7 Å². The number of amides is 1. The number of nitrogens with zero attached hydrogens (tertiary/aromatic N) is 5. The van der Waals surface area contributed by atoms with Gasteiger partial charge in [0.25, 0.3) is 0 Å². The highest BCUT2D eigenvalue weighted by molar-refractivity contribution is 7.22. The van der Waals surface area contributed by atoms with Crippen molar-refractivity contribution in [2.24, 2.45) is 0 Å². The highest BCUT2D eigenvalue weighted by atomic mass is 32.1. The third kappa shape index (κ3) is 5.89. The highest BCUT2D eigenvalue weighted by Crippen LogP contribution is 2.45. The summed E-state index contributed by atoms with van der Waals surface area (Å²) in [6.07, 6.45) is 4.98. The molecule has 1 amide bonds. The smallest absolute Gasteiger partial charge is 0.246 e. The number of fused-ring (bicyclic) bond motifs is 5. The Bertz CT molecular complexity index is 2070. The Hall–Kier alpha value is -5.29. The first-order valence-corrected chi connectivity index (χ1v) is 15.8. The van der Waals surface area contributed by atoms with Crippen LogP contribution in [0, 0.1) is 12.7 Å². The zero-order chi connectivity index (χ0) is 31.8. The molecule has 0 spiro atoms. The van der Waals surface area contributed by atoms with E-state index in [1.165, 1.54) is 17.7 Å². The van der Waals surface area contributed by atoms with E-state index in [1.54, 1.807) is 28.4 Å². The Morgan fingerprint density at radius 3 is 2.65 bits per heavy atom. The minimum Gasteiger partial charge on any atom is -0.489 e. The summed E-state index contributed by atoms with van der Waals surface area (Å²) in [6.45, 7) is 2.40. The van der Waals surface area contributed by atoms with Gasteiger partial charge in [-0.2, -0.15) is 5.10 Å². The van der Waals surface area contributed by atoms with Crippen LogP contribution >= 0.6 is 11.3 Å². The second-order valence-corrected chi connectivity index (χ2v) is 12.5. The van der Waals surface area contributed by atoms with Crippen molar-refractivity contribution in [3.63, 3.8) is 0 Å². The normalized spacial score (nSPS) is 12.0.